The molecule has 2 atom stereocenters. The van der Waals surface area contributed by atoms with Crippen LogP contribution in [0.3, 0.4) is 0 Å². The van der Waals surface area contributed by atoms with Crippen molar-refractivity contribution >= 4 is 12.9 Å². The Kier molecular flexibility index (Phi) is 5.01. The number of aromatic nitrogens is 1. The summed E-state index contributed by atoms with van der Waals surface area (Å²) in [5, 5.41) is 19.4. The van der Waals surface area contributed by atoms with E-state index in [0.717, 1.165) is 24.7 Å². The zero-order valence-corrected chi connectivity index (χ0v) is 12.5. The molecule has 0 saturated heterocycles. The van der Waals surface area contributed by atoms with Crippen LogP contribution < -0.4 is 5.73 Å². The third-order valence-corrected chi connectivity index (χ3v) is 4.53. The van der Waals surface area contributed by atoms with Crippen LogP contribution >= 0.6 is 0 Å². The highest BCUT2D eigenvalue weighted by Gasteiger charge is 2.49. The molecule has 6 heteroatoms. The van der Waals surface area contributed by atoms with Gasteiger partial charge in [0.15, 0.2) is 0 Å². The van der Waals surface area contributed by atoms with Gasteiger partial charge in [-0.15, -0.1) is 0 Å². The summed E-state index contributed by atoms with van der Waals surface area (Å²) in [7, 11) is 0. The van der Waals surface area contributed by atoms with Crippen LogP contribution in [-0.4, -0.2) is 28.0 Å². The van der Waals surface area contributed by atoms with Crippen LogP contribution in [0.2, 0.25) is 12.6 Å². The lowest BCUT2D eigenvalue weighted by molar-refractivity contribution is -0.145. The largest absolute Gasteiger partial charge is 0.480 e. The summed E-state index contributed by atoms with van der Waals surface area (Å²) in [6.07, 6.45) is 7.87. The highest BCUT2D eigenvalue weighted by Crippen LogP contribution is 2.42. The number of rotatable bonds is 7. The molecule has 5 nitrogen and oxygen atoms in total. The molecule has 0 spiro atoms. The van der Waals surface area contributed by atoms with E-state index in [1.165, 1.54) is 0 Å². The quantitative estimate of drug-likeness (QED) is 0.664. The maximum absolute atomic E-state index is 11.7. The van der Waals surface area contributed by atoms with E-state index in [-0.39, 0.29) is 12.8 Å². The number of carbonyl (C=O) groups is 1. The lowest BCUT2D eigenvalue weighted by Gasteiger charge is -2.27. The summed E-state index contributed by atoms with van der Waals surface area (Å²) in [4.78, 5) is 15.7. The topological polar surface area (TPSA) is 96.4 Å². The molecule has 0 aliphatic heterocycles. The fourth-order valence-corrected chi connectivity index (χ4v) is 3.32. The Bertz CT molecular complexity index is 511. The second-order valence-corrected chi connectivity index (χ2v) is 5.98. The van der Waals surface area contributed by atoms with Crippen LogP contribution in [-0.2, 0) is 16.8 Å². The van der Waals surface area contributed by atoms with Crippen LogP contribution in [0.25, 0.3) is 0 Å². The third-order valence-electron chi connectivity index (χ3n) is 4.53. The van der Waals surface area contributed by atoms with E-state index in [2.05, 4.69) is 4.98 Å². The van der Waals surface area contributed by atoms with Gasteiger partial charge in [-0.2, -0.15) is 0 Å². The number of nitrogens with zero attached hydrogens (tertiary/aromatic N) is 1. The van der Waals surface area contributed by atoms with Crippen molar-refractivity contribution in [3.8, 4) is 0 Å². The van der Waals surface area contributed by atoms with Crippen molar-refractivity contribution in [2.24, 2.45) is 11.7 Å². The monoisotopic (exact) mass is 290 g/mol. The molecule has 1 aromatic rings. The number of hydrogen-bond donors (Lipinski definition) is 3. The maximum atomic E-state index is 11.7. The van der Waals surface area contributed by atoms with Gasteiger partial charge in [-0.3, -0.25) is 4.98 Å². The first-order valence-corrected chi connectivity index (χ1v) is 7.63. The first-order chi connectivity index (χ1) is 10.00. The minimum absolute atomic E-state index is 0.136. The van der Waals surface area contributed by atoms with Gasteiger partial charge in [0.2, 0.25) is 0 Å². The molecule has 0 aromatic carbocycles. The van der Waals surface area contributed by atoms with Gasteiger partial charge >= 0.3 is 5.97 Å². The molecular weight excluding hydrogens is 267 g/mol. The van der Waals surface area contributed by atoms with Crippen molar-refractivity contribution in [3.63, 3.8) is 0 Å². The molecule has 0 radical (unpaired) electrons. The van der Waals surface area contributed by atoms with E-state index in [1.807, 2.05) is 13.0 Å². The highest BCUT2D eigenvalue weighted by atomic mass is 16.4. The van der Waals surface area contributed by atoms with Crippen LogP contribution in [0.1, 0.15) is 37.3 Å². The lowest BCUT2D eigenvalue weighted by atomic mass is 9.60. The summed E-state index contributed by atoms with van der Waals surface area (Å²) in [6.45, 7) is 1.75. The van der Waals surface area contributed by atoms with Gasteiger partial charge in [-0.1, -0.05) is 19.8 Å². The Labute approximate surface area is 125 Å². The number of pyridine rings is 1. The highest BCUT2D eigenvalue weighted by molar-refractivity contribution is 6.50. The van der Waals surface area contributed by atoms with Crippen molar-refractivity contribution in [2.45, 2.75) is 50.8 Å². The number of hydrogen-bond acceptors (Lipinski definition) is 4. The van der Waals surface area contributed by atoms with Crippen molar-refractivity contribution in [1.29, 1.82) is 0 Å². The molecule has 0 saturated carbocycles. The van der Waals surface area contributed by atoms with E-state index in [1.54, 1.807) is 12.4 Å². The average Bonchev–Trinajstić information content (AvgIpc) is 2.74. The number of nitrogens with two attached hydrogens (primary N) is 1. The van der Waals surface area contributed by atoms with Crippen molar-refractivity contribution < 1.29 is 14.9 Å². The van der Waals surface area contributed by atoms with Gasteiger partial charge in [0, 0.05) is 18.0 Å². The van der Waals surface area contributed by atoms with E-state index in [9.17, 15) is 14.9 Å². The standard InChI is InChI=1S/C15H23BN2O3/c1-2-6-16(21)7-3-4-12-9-11-5-8-18-10-13(11)15(12,17)14(19)20/h5,8,10,12,21H,2-4,6-7,9,17H2,1H3,(H,19,20). The average molecular weight is 290 g/mol. The minimum Gasteiger partial charge on any atom is -0.480 e. The Morgan fingerprint density at radius 2 is 2.33 bits per heavy atom. The molecule has 2 unspecified atom stereocenters. The van der Waals surface area contributed by atoms with E-state index < -0.39 is 11.5 Å². The fourth-order valence-electron chi connectivity index (χ4n) is 3.32. The van der Waals surface area contributed by atoms with Gasteiger partial charge in [-0.05, 0) is 43.0 Å². The van der Waals surface area contributed by atoms with E-state index in [4.69, 9.17) is 5.73 Å². The number of fused-ring (bicyclic) bond motifs is 1. The molecule has 114 valence electrons. The SMILES string of the molecule is CCCB(O)CCCC1Cc2ccncc2C1(N)C(=O)O. The molecule has 1 aromatic heterocycles. The van der Waals surface area contributed by atoms with Gasteiger partial charge in [-0.25, -0.2) is 4.79 Å². The zero-order chi connectivity index (χ0) is 15.5. The molecule has 0 amide bonds. The molecule has 1 aliphatic rings. The van der Waals surface area contributed by atoms with E-state index >= 15 is 0 Å². The molecule has 2 rings (SSSR count). The summed E-state index contributed by atoms with van der Waals surface area (Å²) in [6, 6.07) is 1.85. The predicted molar refractivity (Wildman–Crippen MR) is 82.0 cm³/mol. The summed E-state index contributed by atoms with van der Waals surface area (Å²) >= 11 is 0. The number of aliphatic carboxylic acids is 1. The van der Waals surface area contributed by atoms with Crippen molar-refractivity contribution in [3.05, 3.63) is 29.6 Å². The molecule has 1 heterocycles. The first-order valence-electron chi connectivity index (χ1n) is 7.63. The Morgan fingerprint density at radius 3 is 3.00 bits per heavy atom. The van der Waals surface area contributed by atoms with Gasteiger partial charge in [0.25, 0.3) is 6.92 Å². The Hall–Kier alpha value is -1.40. The molecule has 0 fully saturated rings. The fraction of sp³-hybridized carbons (Fsp3) is 0.600. The third kappa shape index (κ3) is 3.11. The van der Waals surface area contributed by atoms with Crippen molar-refractivity contribution in [2.75, 3.05) is 0 Å². The smallest absolute Gasteiger partial charge is 0.328 e. The minimum atomic E-state index is -1.35. The maximum Gasteiger partial charge on any atom is 0.328 e. The molecule has 1 aliphatic carbocycles. The first kappa shape index (κ1) is 16.0. The van der Waals surface area contributed by atoms with Crippen LogP contribution in [0.15, 0.2) is 18.5 Å². The molecule has 21 heavy (non-hydrogen) atoms. The summed E-state index contributed by atoms with van der Waals surface area (Å²) in [5.41, 5.74) is 6.50. The molecular formula is C15H23BN2O3. The predicted octanol–water partition coefficient (Wildman–Crippen LogP) is 1.67. The Morgan fingerprint density at radius 1 is 1.57 bits per heavy atom. The van der Waals surface area contributed by atoms with Gasteiger partial charge in [0.1, 0.15) is 5.54 Å². The summed E-state index contributed by atoms with van der Waals surface area (Å²) < 4.78 is 0. The van der Waals surface area contributed by atoms with Crippen molar-refractivity contribution in [1.82, 2.24) is 4.98 Å². The molecule has 0 bridgehead atoms. The summed E-state index contributed by atoms with van der Waals surface area (Å²) in [5.74, 6) is -1.13. The Balaban J connectivity index is 2.06. The lowest BCUT2D eigenvalue weighted by Crippen LogP contribution is -2.48. The zero-order valence-electron chi connectivity index (χ0n) is 12.5. The van der Waals surface area contributed by atoms with E-state index in [0.29, 0.717) is 24.7 Å². The van der Waals surface area contributed by atoms with Gasteiger partial charge < -0.3 is 15.9 Å². The van der Waals surface area contributed by atoms with Crippen LogP contribution in [0.4, 0.5) is 0 Å². The van der Waals surface area contributed by atoms with Gasteiger partial charge in [0.05, 0.1) is 0 Å². The van der Waals surface area contributed by atoms with Crippen LogP contribution in [0, 0.1) is 5.92 Å². The normalized spacial score (nSPS) is 23.9. The number of carboxylic acid groups (broad SMARTS) is 1. The number of carboxylic acids is 1. The second kappa shape index (κ2) is 6.58. The molecule has 4 N–H and O–H groups in total. The second-order valence-electron chi connectivity index (χ2n) is 5.98. The van der Waals surface area contributed by atoms with Crippen LogP contribution in [0.5, 0.6) is 0 Å².